The first-order valence-corrected chi connectivity index (χ1v) is 12.7. The van der Waals surface area contributed by atoms with Gasteiger partial charge in [0.2, 0.25) is 11.8 Å². The molecule has 4 rings (SSSR count). The second-order valence-electron chi connectivity index (χ2n) is 8.26. The third kappa shape index (κ3) is 5.20. The highest BCUT2D eigenvalue weighted by atomic mass is 35.5. The minimum Gasteiger partial charge on any atom is -0.479 e. The number of methoxy groups -OCH3 is 2. The summed E-state index contributed by atoms with van der Waals surface area (Å²) in [6.07, 6.45) is 2.96. The number of anilines is 1. The lowest BCUT2D eigenvalue weighted by Gasteiger charge is -2.40. The van der Waals surface area contributed by atoms with Gasteiger partial charge in [-0.25, -0.2) is 9.55 Å². The van der Waals surface area contributed by atoms with Crippen LogP contribution in [0.1, 0.15) is 25.8 Å². The number of nitrogens with two attached hydrogens (primary N) is 1. The molecule has 1 aliphatic carbocycles. The Hall–Kier alpha value is -2.92. The SMILES string of the molecule is COC(=O)[C@H](C)N(CC1CC(n2cnc3c(OC)nc(N)nc32)C1)P(=O)(O)Oc1ccc(Cl)cc1. The Balaban J connectivity index is 1.51. The van der Waals surface area contributed by atoms with Crippen LogP contribution in [0.15, 0.2) is 30.6 Å². The zero-order valence-corrected chi connectivity index (χ0v) is 21.0. The van der Waals surface area contributed by atoms with E-state index in [9.17, 15) is 14.3 Å². The number of rotatable bonds is 9. The number of halogens is 1. The summed E-state index contributed by atoms with van der Waals surface area (Å²) in [7, 11) is -1.71. The fourth-order valence-corrected chi connectivity index (χ4v) is 5.71. The Morgan fingerprint density at radius 3 is 2.63 bits per heavy atom. The fraction of sp³-hybridized carbons (Fsp3) is 0.429. The largest absolute Gasteiger partial charge is 0.479 e. The van der Waals surface area contributed by atoms with Gasteiger partial charge < -0.3 is 29.2 Å². The predicted molar refractivity (Wildman–Crippen MR) is 128 cm³/mol. The fourth-order valence-electron chi connectivity index (χ4n) is 4.12. The molecule has 1 aromatic carbocycles. The molecule has 0 radical (unpaired) electrons. The van der Waals surface area contributed by atoms with Gasteiger partial charge in [-0.15, -0.1) is 0 Å². The quantitative estimate of drug-likeness (QED) is 0.313. The van der Waals surface area contributed by atoms with Crippen LogP contribution in [-0.4, -0.2) is 61.9 Å². The smallest absolute Gasteiger partial charge is 0.459 e. The second-order valence-corrected chi connectivity index (χ2v) is 10.4. The molecule has 1 fully saturated rings. The van der Waals surface area contributed by atoms with Gasteiger partial charge in [0.05, 0.1) is 20.5 Å². The highest BCUT2D eigenvalue weighted by Gasteiger charge is 2.43. The molecule has 1 aliphatic rings. The molecule has 0 spiro atoms. The molecule has 3 aromatic rings. The minimum atomic E-state index is -4.42. The summed E-state index contributed by atoms with van der Waals surface area (Å²) in [5.41, 5.74) is 6.86. The molecule has 188 valence electrons. The molecule has 0 saturated heterocycles. The van der Waals surface area contributed by atoms with Crippen molar-refractivity contribution in [2.45, 2.75) is 31.8 Å². The predicted octanol–water partition coefficient (Wildman–Crippen LogP) is 3.06. The van der Waals surface area contributed by atoms with Crippen LogP contribution in [0.4, 0.5) is 5.95 Å². The second kappa shape index (κ2) is 9.98. The van der Waals surface area contributed by atoms with E-state index in [1.165, 1.54) is 33.3 Å². The Labute approximate surface area is 206 Å². The maximum Gasteiger partial charge on any atom is 0.459 e. The van der Waals surface area contributed by atoms with Gasteiger partial charge >= 0.3 is 13.7 Å². The number of carbonyl (C=O) groups is 1. The highest BCUT2D eigenvalue weighted by molar-refractivity contribution is 7.50. The van der Waals surface area contributed by atoms with Gasteiger partial charge in [0.15, 0.2) is 11.2 Å². The third-order valence-corrected chi connectivity index (χ3v) is 7.86. The summed E-state index contributed by atoms with van der Waals surface area (Å²) in [6, 6.07) is 5.09. The van der Waals surface area contributed by atoms with Crippen molar-refractivity contribution in [3.8, 4) is 11.6 Å². The molecule has 1 unspecified atom stereocenters. The molecule has 14 heteroatoms. The van der Waals surface area contributed by atoms with Crippen molar-refractivity contribution in [2.24, 2.45) is 5.92 Å². The first-order valence-electron chi connectivity index (χ1n) is 10.8. The molecule has 0 aliphatic heterocycles. The summed E-state index contributed by atoms with van der Waals surface area (Å²) >= 11 is 5.88. The molecule has 2 atom stereocenters. The van der Waals surface area contributed by atoms with Crippen LogP contribution in [0.25, 0.3) is 11.2 Å². The number of benzene rings is 1. The highest BCUT2D eigenvalue weighted by Crippen LogP contribution is 2.51. The number of nitrogens with zero attached hydrogens (tertiary/aromatic N) is 5. The molecule has 3 N–H and O–H groups in total. The Morgan fingerprint density at radius 1 is 1.31 bits per heavy atom. The summed E-state index contributed by atoms with van der Waals surface area (Å²) < 4.78 is 31.8. The van der Waals surface area contributed by atoms with Crippen molar-refractivity contribution in [3.63, 3.8) is 0 Å². The monoisotopic (exact) mass is 524 g/mol. The summed E-state index contributed by atoms with van der Waals surface area (Å²) in [5, 5.41) is 0.460. The number of ether oxygens (including phenoxy) is 2. The van der Waals surface area contributed by atoms with E-state index >= 15 is 0 Å². The number of hydrogen-bond acceptors (Lipinski definition) is 9. The Kier molecular flexibility index (Phi) is 7.18. The molecule has 2 heterocycles. The Morgan fingerprint density at radius 2 is 2.00 bits per heavy atom. The van der Waals surface area contributed by atoms with E-state index in [1.54, 1.807) is 18.5 Å². The van der Waals surface area contributed by atoms with Gasteiger partial charge in [0, 0.05) is 17.6 Å². The molecule has 12 nitrogen and oxygen atoms in total. The molecule has 0 amide bonds. The number of hydrogen-bond donors (Lipinski definition) is 2. The summed E-state index contributed by atoms with van der Waals surface area (Å²) in [4.78, 5) is 35.7. The van der Waals surface area contributed by atoms with E-state index in [1.807, 2.05) is 4.57 Å². The van der Waals surface area contributed by atoms with E-state index in [2.05, 4.69) is 15.0 Å². The van der Waals surface area contributed by atoms with Crippen LogP contribution in [-0.2, 0) is 14.1 Å². The number of fused-ring (bicyclic) bond motifs is 1. The zero-order chi connectivity index (χ0) is 25.3. The first kappa shape index (κ1) is 25.2. The number of imidazole rings is 1. The van der Waals surface area contributed by atoms with Gasteiger partial charge in [-0.2, -0.15) is 14.6 Å². The van der Waals surface area contributed by atoms with Crippen molar-refractivity contribution >= 4 is 42.4 Å². The minimum absolute atomic E-state index is 0.0000661. The van der Waals surface area contributed by atoms with Crippen LogP contribution in [0.2, 0.25) is 5.02 Å². The average Bonchev–Trinajstić information content (AvgIpc) is 3.21. The summed E-state index contributed by atoms with van der Waals surface area (Å²) in [5.74, 6) is -0.120. The van der Waals surface area contributed by atoms with Crippen LogP contribution in [0.5, 0.6) is 11.6 Å². The van der Waals surface area contributed by atoms with Gasteiger partial charge in [0.25, 0.3) is 0 Å². The van der Waals surface area contributed by atoms with Crippen LogP contribution < -0.4 is 15.0 Å². The van der Waals surface area contributed by atoms with Crippen molar-refractivity contribution in [3.05, 3.63) is 35.6 Å². The van der Waals surface area contributed by atoms with Crippen LogP contribution >= 0.6 is 19.3 Å². The van der Waals surface area contributed by atoms with Crippen molar-refractivity contribution in [1.29, 1.82) is 0 Å². The number of carbonyl (C=O) groups excluding carboxylic acids is 1. The maximum atomic E-state index is 13.3. The van der Waals surface area contributed by atoms with E-state index in [0.717, 1.165) is 4.67 Å². The number of nitrogen functional groups attached to an aromatic ring is 1. The number of aromatic nitrogens is 4. The molecule has 2 aromatic heterocycles. The lowest BCUT2D eigenvalue weighted by atomic mass is 9.80. The van der Waals surface area contributed by atoms with Gasteiger partial charge in [-0.3, -0.25) is 4.79 Å². The molecule has 1 saturated carbocycles. The van der Waals surface area contributed by atoms with Crippen LogP contribution in [0, 0.1) is 5.92 Å². The Bertz CT molecular complexity index is 1270. The van der Waals surface area contributed by atoms with Crippen molar-refractivity contribution < 1.29 is 28.3 Å². The van der Waals surface area contributed by atoms with E-state index < -0.39 is 19.8 Å². The van der Waals surface area contributed by atoms with E-state index in [4.69, 9.17) is 31.3 Å². The first-order chi connectivity index (χ1) is 16.6. The lowest BCUT2D eigenvalue weighted by Crippen LogP contribution is -2.44. The molecular weight excluding hydrogens is 499 g/mol. The topological polar surface area (TPSA) is 155 Å². The van der Waals surface area contributed by atoms with Crippen molar-refractivity contribution in [1.82, 2.24) is 24.2 Å². The van der Waals surface area contributed by atoms with Gasteiger partial charge in [-0.05, 0) is 49.9 Å². The van der Waals surface area contributed by atoms with Gasteiger partial charge in [0.1, 0.15) is 11.8 Å². The van der Waals surface area contributed by atoms with Crippen LogP contribution in [0.3, 0.4) is 0 Å². The van der Waals surface area contributed by atoms with E-state index in [0.29, 0.717) is 34.9 Å². The van der Waals surface area contributed by atoms with E-state index in [-0.39, 0.29) is 30.2 Å². The zero-order valence-electron chi connectivity index (χ0n) is 19.4. The van der Waals surface area contributed by atoms with Gasteiger partial charge in [-0.1, -0.05) is 11.6 Å². The third-order valence-electron chi connectivity index (χ3n) is 6.00. The molecule has 35 heavy (non-hydrogen) atoms. The summed E-state index contributed by atoms with van der Waals surface area (Å²) in [6.45, 7) is 1.65. The molecule has 0 bridgehead atoms. The molecular formula is C21H26ClN6O6P. The normalized spacial score (nSPS) is 20.2. The average molecular weight is 525 g/mol. The maximum absolute atomic E-state index is 13.3. The number of esters is 1. The standard InChI is InChI=1S/C21H26ClN6O6P/c1-12(20(29)33-3)28(35(30,31)34-16-6-4-14(22)5-7-16)10-13-8-15(9-13)27-11-24-17-18(27)25-21(23)26-19(17)32-2/h4-7,11-13,15H,8-10H2,1-3H3,(H,30,31)(H2,23,25,26)/t12-,13?,15?/m0/s1. The van der Waals surface area contributed by atoms with Crippen molar-refractivity contribution in [2.75, 3.05) is 26.5 Å². The lowest BCUT2D eigenvalue weighted by molar-refractivity contribution is -0.145.